The number of imidazole rings is 1. The summed E-state index contributed by atoms with van der Waals surface area (Å²) in [6.07, 6.45) is 6.07. The van der Waals surface area contributed by atoms with Crippen molar-refractivity contribution in [1.29, 1.82) is 0 Å². The zero-order chi connectivity index (χ0) is 15.4. The third-order valence-electron chi connectivity index (χ3n) is 3.38. The summed E-state index contributed by atoms with van der Waals surface area (Å²) in [5, 5.41) is 0. The molecule has 2 aromatic rings. The van der Waals surface area contributed by atoms with E-state index in [4.69, 9.17) is 0 Å². The Labute approximate surface area is 125 Å². The van der Waals surface area contributed by atoms with E-state index in [1.807, 2.05) is 36.6 Å². The molecule has 0 bridgehead atoms. The molecule has 0 aliphatic heterocycles. The van der Waals surface area contributed by atoms with E-state index in [-0.39, 0.29) is 5.91 Å². The Morgan fingerprint density at radius 3 is 2.62 bits per heavy atom. The number of nitrogens with zero attached hydrogens (tertiary/aromatic N) is 3. The summed E-state index contributed by atoms with van der Waals surface area (Å²) in [6.45, 7) is 12.4. The summed E-state index contributed by atoms with van der Waals surface area (Å²) in [6, 6.07) is 3.97. The van der Waals surface area contributed by atoms with Crippen molar-refractivity contribution in [3.05, 3.63) is 60.6 Å². The lowest BCUT2D eigenvalue weighted by molar-refractivity contribution is 0.0783. The minimum absolute atomic E-state index is 0.0389. The average Bonchev–Trinajstić information content (AvgIpc) is 2.83. The van der Waals surface area contributed by atoms with E-state index in [1.165, 1.54) is 0 Å². The van der Waals surface area contributed by atoms with E-state index in [0.717, 1.165) is 23.3 Å². The monoisotopic (exact) mass is 283 g/mol. The molecule has 0 spiro atoms. The van der Waals surface area contributed by atoms with Crippen LogP contribution in [0, 0.1) is 6.92 Å². The van der Waals surface area contributed by atoms with Gasteiger partial charge in [0.1, 0.15) is 11.3 Å². The lowest BCUT2D eigenvalue weighted by Gasteiger charge is -2.19. The molecular formula is C17H21N3O. The fraction of sp³-hybridized carbons (Fsp3) is 0.294. The summed E-state index contributed by atoms with van der Waals surface area (Å²) in [5.74, 6) is -0.0389. The third-order valence-corrected chi connectivity index (χ3v) is 3.38. The predicted octanol–water partition coefficient (Wildman–Crippen LogP) is 3.02. The molecule has 0 unspecified atom stereocenters. The maximum Gasteiger partial charge on any atom is 0.273 e. The summed E-state index contributed by atoms with van der Waals surface area (Å²) in [5.41, 5.74) is 3.40. The van der Waals surface area contributed by atoms with E-state index in [1.54, 1.807) is 17.1 Å². The number of carbonyl (C=O) groups excluding carboxylic acids is 1. The van der Waals surface area contributed by atoms with Crippen LogP contribution in [0.3, 0.4) is 0 Å². The molecule has 2 aromatic heterocycles. The lowest BCUT2D eigenvalue weighted by atomic mass is 10.2. The van der Waals surface area contributed by atoms with Gasteiger partial charge in [-0.2, -0.15) is 0 Å². The van der Waals surface area contributed by atoms with Crippen LogP contribution in [0.5, 0.6) is 0 Å². The Hall–Kier alpha value is -2.36. The van der Waals surface area contributed by atoms with Gasteiger partial charge in [0.15, 0.2) is 0 Å². The van der Waals surface area contributed by atoms with E-state index in [0.29, 0.717) is 18.8 Å². The highest BCUT2D eigenvalue weighted by Crippen LogP contribution is 2.17. The summed E-state index contributed by atoms with van der Waals surface area (Å²) in [4.78, 5) is 19.1. The van der Waals surface area contributed by atoms with Gasteiger partial charge in [0, 0.05) is 19.3 Å². The van der Waals surface area contributed by atoms with E-state index in [2.05, 4.69) is 18.1 Å². The van der Waals surface area contributed by atoms with Gasteiger partial charge in [-0.3, -0.25) is 9.20 Å². The Morgan fingerprint density at radius 2 is 2.05 bits per heavy atom. The van der Waals surface area contributed by atoms with Crippen molar-refractivity contribution < 1.29 is 4.79 Å². The molecule has 0 saturated heterocycles. The van der Waals surface area contributed by atoms with Gasteiger partial charge in [-0.05, 0) is 31.0 Å². The first-order chi connectivity index (χ1) is 10.1. The van der Waals surface area contributed by atoms with Crippen LogP contribution in [0.1, 0.15) is 28.7 Å². The molecule has 4 heteroatoms. The van der Waals surface area contributed by atoms with Gasteiger partial charge in [-0.1, -0.05) is 19.1 Å². The highest BCUT2D eigenvalue weighted by Gasteiger charge is 2.22. The minimum atomic E-state index is -0.0389. The number of fused-ring (bicyclic) bond motifs is 1. The predicted molar refractivity (Wildman–Crippen MR) is 85.6 cm³/mol. The largest absolute Gasteiger partial charge is 0.330 e. The average molecular weight is 283 g/mol. The first-order valence-corrected chi connectivity index (χ1v) is 7.11. The number of rotatable bonds is 6. The smallest absolute Gasteiger partial charge is 0.273 e. The van der Waals surface area contributed by atoms with Crippen molar-refractivity contribution in [3.63, 3.8) is 0 Å². The van der Waals surface area contributed by atoms with Gasteiger partial charge in [-0.15, -0.1) is 13.2 Å². The molecule has 1 amide bonds. The quantitative estimate of drug-likeness (QED) is 0.764. The van der Waals surface area contributed by atoms with E-state index >= 15 is 0 Å². The minimum Gasteiger partial charge on any atom is -0.330 e. The maximum atomic E-state index is 12.8. The molecule has 0 aliphatic rings. The van der Waals surface area contributed by atoms with Crippen LogP contribution in [-0.2, 0) is 6.42 Å². The van der Waals surface area contributed by atoms with Crippen LogP contribution in [0.2, 0.25) is 0 Å². The molecule has 0 fully saturated rings. The van der Waals surface area contributed by atoms with E-state index < -0.39 is 0 Å². The fourth-order valence-corrected chi connectivity index (χ4v) is 2.37. The standard InChI is InChI=1S/C17H21N3O/c1-5-9-19(10-6-2)17(21)16-14(7-3)18-15-12-13(4)8-11-20(15)16/h5-6,8,11-12H,1-2,7,9-10H2,3-4H3. The van der Waals surface area contributed by atoms with Crippen LogP contribution in [0.15, 0.2) is 43.6 Å². The van der Waals surface area contributed by atoms with Crippen LogP contribution in [0.25, 0.3) is 5.65 Å². The second-order valence-electron chi connectivity index (χ2n) is 4.98. The zero-order valence-corrected chi connectivity index (χ0v) is 12.7. The third kappa shape index (κ3) is 2.89. The fourth-order valence-electron chi connectivity index (χ4n) is 2.37. The summed E-state index contributed by atoms with van der Waals surface area (Å²) >= 11 is 0. The highest BCUT2D eigenvalue weighted by atomic mass is 16.2. The Bertz CT molecular complexity index is 675. The van der Waals surface area contributed by atoms with Crippen molar-refractivity contribution in [2.24, 2.45) is 0 Å². The van der Waals surface area contributed by atoms with Crippen LogP contribution in [0.4, 0.5) is 0 Å². The van der Waals surface area contributed by atoms with Gasteiger partial charge < -0.3 is 4.90 Å². The second-order valence-corrected chi connectivity index (χ2v) is 4.98. The Kier molecular flexibility index (Phi) is 4.58. The highest BCUT2D eigenvalue weighted by molar-refractivity contribution is 5.95. The molecule has 0 atom stereocenters. The molecule has 4 nitrogen and oxygen atoms in total. The number of pyridine rings is 1. The maximum absolute atomic E-state index is 12.8. The summed E-state index contributed by atoms with van der Waals surface area (Å²) < 4.78 is 1.87. The number of aryl methyl sites for hydroxylation is 2. The summed E-state index contributed by atoms with van der Waals surface area (Å²) in [7, 11) is 0. The van der Waals surface area contributed by atoms with Crippen molar-refractivity contribution in [1.82, 2.24) is 14.3 Å². The van der Waals surface area contributed by atoms with Crippen molar-refractivity contribution in [2.75, 3.05) is 13.1 Å². The van der Waals surface area contributed by atoms with Gasteiger partial charge in [-0.25, -0.2) is 4.98 Å². The van der Waals surface area contributed by atoms with Gasteiger partial charge >= 0.3 is 0 Å². The van der Waals surface area contributed by atoms with Crippen molar-refractivity contribution >= 4 is 11.6 Å². The van der Waals surface area contributed by atoms with Gasteiger partial charge in [0.25, 0.3) is 5.91 Å². The molecule has 2 rings (SSSR count). The molecule has 0 N–H and O–H groups in total. The number of carbonyl (C=O) groups is 1. The van der Waals surface area contributed by atoms with Gasteiger partial charge in [0.05, 0.1) is 5.69 Å². The molecule has 0 radical (unpaired) electrons. The normalized spacial score (nSPS) is 10.6. The zero-order valence-electron chi connectivity index (χ0n) is 12.7. The molecule has 0 aromatic carbocycles. The number of hydrogen-bond acceptors (Lipinski definition) is 2. The molecule has 110 valence electrons. The number of aromatic nitrogens is 2. The van der Waals surface area contributed by atoms with Crippen LogP contribution >= 0.6 is 0 Å². The lowest BCUT2D eigenvalue weighted by Crippen LogP contribution is -2.32. The van der Waals surface area contributed by atoms with Gasteiger partial charge in [0.2, 0.25) is 0 Å². The van der Waals surface area contributed by atoms with Crippen LogP contribution < -0.4 is 0 Å². The van der Waals surface area contributed by atoms with Crippen molar-refractivity contribution in [2.45, 2.75) is 20.3 Å². The van der Waals surface area contributed by atoms with Crippen molar-refractivity contribution in [3.8, 4) is 0 Å². The molecule has 0 saturated carbocycles. The number of hydrogen-bond donors (Lipinski definition) is 0. The number of amides is 1. The van der Waals surface area contributed by atoms with Crippen LogP contribution in [-0.4, -0.2) is 33.3 Å². The SMILES string of the molecule is C=CCN(CC=C)C(=O)c1c(CC)nc2cc(C)ccn12. The topological polar surface area (TPSA) is 37.6 Å². The molecule has 2 heterocycles. The second kappa shape index (κ2) is 6.39. The molecule has 21 heavy (non-hydrogen) atoms. The Morgan fingerprint density at radius 1 is 1.38 bits per heavy atom. The Balaban J connectivity index is 2.54. The molecular weight excluding hydrogens is 262 g/mol. The first kappa shape index (κ1) is 15.0. The molecule has 0 aliphatic carbocycles. The van der Waals surface area contributed by atoms with E-state index in [9.17, 15) is 4.79 Å². The first-order valence-electron chi connectivity index (χ1n) is 7.11.